The third-order valence-corrected chi connectivity index (χ3v) is 22.8. The van der Waals surface area contributed by atoms with Gasteiger partial charge in [0.05, 0.1) is 0 Å². The molecule has 0 saturated heterocycles. The summed E-state index contributed by atoms with van der Waals surface area (Å²) in [5.41, 5.74) is 27.9. The first kappa shape index (κ1) is 57.0. The summed E-state index contributed by atoms with van der Waals surface area (Å²) in [5.74, 6) is 1.65. The van der Waals surface area contributed by atoms with Crippen molar-refractivity contribution in [3.63, 3.8) is 0 Å². The number of nitrogens with zero attached hydrogens (tertiary/aromatic N) is 5. The number of hydrogen-bond donors (Lipinski definition) is 0. The second-order valence-electron chi connectivity index (χ2n) is 25.9. The molecular formula is C90H59B2N5OSe. The third-order valence-electron chi connectivity index (χ3n) is 20.4. The summed E-state index contributed by atoms with van der Waals surface area (Å²) in [6.07, 6.45) is 0. The Morgan fingerprint density at radius 2 is 0.737 bits per heavy atom. The van der Waals surface area contributed by atoms with Crippen molar-refractivity contribution < 1.29 is 4.74 Å². The molecule has 0 aliphatic carbocycles. The fraction of sp³-hybridized carbons (Fsp3) is 0. The van der Waals surface area contributed by atoms with E-state index in [9.17, 15) is 0 Å². The molecule has 5 heterocycles. The molecule has 0 atom stereocenters. The predicted octanol–water partition coefficient (Wildman–Crippen LogP) is 19.8. The van der Waals surface area contributed by atoms with E-state index in [0.717, 1.165) is 130 Å². The molecule has 0 bridgehead atoms. The number of rotatable bonds is 11. The molecule has 4 aliphatic heterocycles. The molecule has 1 aromatic heterocycles. The second kappa shape index (κ2) is 23.3. The van der Waals surface area contributed by atoms with Crippen molar-refractivity contribution >= 4 is 165 Å². The molecule has 0 radical (unpaired) electrons. The molecule has 9 heteroatoms. The fourth-order valence-electron chi connectivity index (χ4n) is 16.3. The van der Waals surface area contributed by atoms with E-state index in [1.165, 1.54) is 41.1 Å². The Hall–Kier alpha value is -12.3. The molecule has 99 heavy (non-hydrogen) atoms. The minimum Gasteiger partial charge on any atom is -0.0621 e. The summed E-state index contributed by atoms with van der Waals surface area (Å²) in [7, 11) is 0. The van der Waals surface area contributed by atoms with Crippen molar-refractivity contribution in [2.45, 2.75) is 0 Å². The van der Waals surface area contributed by atoms with Gasteiger partial charge in [0, 0.05) is 17.1 Å². The van der Waals surface area contributed by atoms with Crippen LogP contribution in [0.3, 0.4) is 0 Å². The Morgan fingerprint density at radius 3 is 1.40 bits per heavy atom. The molecule has 16 aromatic rings. The van der Waals surface area contributed by atoms with Crippen molar-refractivity contribution in [2.75, 3.05) is 24.5 Å². The van der Waals surface area contributed by atoms with Crippen LogP contribution in [-0.4, -0.2) is 27.9 Å². The van der Waals surface area contributed by atoms with Crippen molar-refractivity contribution in [1.29, 1.82) is 0 Å². The van der Waals surface area contributed by atoms with Gasteiger partial charge in [0.15, 0.2) is 0 Å². The Labute approximate surface area is 582 Å². The molecule has 0 unspecified atom stereocenters. The van der Waals surface area contributed by atoms with Crippen LogP contribution in [0.15, 0.2) is 358 Å². The van der Waals surface area contributed by atoms with E-state index in [4.69, 9.17) is 4.74 Å². The predicted molar refractivity (Wildman–Crippen MR) is 419 cm³/mol. The molecule has 6 nitrogen and oxygen atoms in total. The maximum atomic E-state index is 7.89. The molecule has 20 rings (SSSR count). The quantitative estimate of drug-likeness (QED) is 0.120. The van der Waals surface area contributed by atoms with Crippen LogP contribution in [0.5, 0.6) is 11.5 Å². The average Bonchev–Trinajstić information content (AvgIpc) is 0.848. The zero-order chi connectivity index (χ0) is 65.1. The molecule has 0 spiro atoms. The van der Waals surface area contributed by atoms with Crippen molar-refractivity contribution in [2.24, 2.45) is 0 Å². The maximum absolute atomic E-state index is 7.89. The zero-order valence-electron chi connectivity index (χ0n) is 53.8. The van der Waals surface area contributed by atoms with Gasteiger partial charge in [-0.15, -0.1) is 0 Å². The van der Waals surface area contributed by atoms with Crippen LogP contribution < -0.4 is 62.0 Å². The summed E-state index contributed by atoms with van der Waals surface area (Å²) in [6, 6.07) is 132. The van der Waals surface area contributed by atoms with Gasteiger partial charge in [0.2, 0.25) is 0 Å². The van der Waals surface area contributed by atoms with Gasteiger partial charge in [-0.1, -0.05) is 97.1 Å². The number of hydrogen-bond acceptors (Lipinski definition) is 6. The average molecular weight is 1330 g/mol. The second-order valence-corrected chi connectivity index (χ2v) is 28.1. The van der Waals surface area contributed by atoms with Crippen LogP contribution in [0.25, 0.3) is 41.5 Å². The molecule has 0 N–H and O–H groups in total. The Kier molecular flexibility index (Phi) is 13.4. The van der Waals surface area contributed by atoms with Gasteiger partial charge in [0.25, 0.3) is 0 Å². The molecule has 462 valence electrons. The molecule has 0 amide bonds. The van der Waals surface area contributed by atoms with Gasteiger partial charge in [-0.3, -0.25) is 0 Å². The zero-order valence-corrected chi connectivity index (χ0v) is 55.5. The summed E-state index contributed by atoms with van der Waals surface area (Å²) in [5, 5.41) is 2.64. The van der Waals surface area contributed by atoms with E-state index in [0.29, 0.717) is 0 Å². The van der Waals surface area contributed by atoms with Gasteiger partial charge in [-0.05, 0) is 36.4 Å². The molecule has 15 aromatic carbocycles. The molecule has 0 saturated carbocycles. The monoisotopic (exact) mass is 1330 g/mol. The summed E-state index contributed by atoms with van der Waals surface area (Å²) in [4.78, 5) is 12.5. The van der Waals surface area contributed by atoms with Crippen LogP contribution in [0.4, 0.5) is 85.3 Å². The van der Waals surface area contributed by atoms with Gasteiger partial charge >= 0.3 is 436 Å². The number of anilines is 15. The minimum absolute atomic E-state index is 0.0833. The minimum atomic E-state index is -0.227. The Morgan fingerprint density at radius 1 is 0.263 bits per heavy atom. The summed E-state index contributed by atoms with van der Waals surface area (Å²) < 4.78 is 10.7. The fourth-order valence-corrected chi connectivity index (χ4v) is 18.7. The van der Waals surface area contributed by atoms with Crippen LogP contribution >= 0.6 is 0 Å². The van der Waals surface area contributed by atoms with E-state index in [2.05, 4.69) is 382 Å². The van der Waals surface area contributed by atoms with Crippen LogP contribution in [0, 0.1) is 0 Å². The van der Waals surface area contributed by atoms with Crippen LogP contribution in [0.2, 0.25) is 0 Å². The summed E-state index contributed by atoms with van der Waals surface area (Å²) >= 11 is 0.0833. The van der Waals surface area contributed by atoms with Crippen molar-refractivity contribution in [1.82, 2.24) is 0 Å². The Balaban J connectivity index is 0.894. The summed E-state index contributed by atoms with van der Waals surface area (Å²) in [6.45, 7) is -0.430. The molecule has 4 aliphatic rings. The number of fused-ring (bicyclic) bond motifs is 11. The van der Waals surface area contributed by atoms with Gasteiger partial charge in [-0.25, -0.2) is 0 Å². The first-order valence-electron chi connectivity index (χ1n) is 34.0. The SMILES string of the molecule is c1ccc(-c2ccccc2N(c2ccccc2)c2cc3c4c(c2)N(c2ccccc2-c2ccccc2)c2ccccc2B4c2cc4c(cc2N3c2ccc3c(c2)[se]c2ccccc23)Oc2cc(N(c3ccccc3)c3ccccc3)cc3c2B4c2ccccc2N3c2ccccc2)cc1. The molecular weight excluding hydrogens is 1270 g/mol. The van der Waals surface area contributed by atoms with E-state index < -0.39 is 0 Å². The normalized spacial score (nSPS) is 12.8. The Bertz CT molecular complexity index is 5800. The first-order chi connectivity index (χ1) is 49.1. The standard InChI is InChI=1S/C90H59B2N5OSe/c1-7-29-60(30-8-1)69-41-19-24-46-77(69)94(64-37-15-5-16-38-64)67-53-82-89-83(54-67)97(78-47-25-20-42-70(78)61-31-9-2-10-32-61)80-49-27-23-45-74(80)91(89)75-58-76-85(59-81(75)96(82)66-51-52-72-71-43-21-28-50-87(71)99-88(72)57-66)98-86-56-68(93(62-33-11-3-12-34-62)63-35-13-4-14-36-63)55-84-90(86)92(76)73-44-22-26-48-79(73)95(84)65-39-17-6-18-40-65/h1-59H. The van der Waals surface area contributed by atoms with Crippen molar-refractivity contribution in [3.05, 3.63) is 358 Å². The molecule has 0 fully saturated rings. The number of benzene rings is 15. The van der Waals surface area contributed by atoms with Crippen molar-refractivity contribution in [3.8, 4) is 33.8 Å². The van der Waals surface area contributed by atoms with Crippen LogP contribution in [0.1, 0.15) is 0 Å². The van der Waals surface area contributed by atoms with Crippen LogP contribution in [-0.2, 0) is 0 Å². The third kappa shape index (κ3) is 9.20. The van der Waals surface area contributed by atoms with Gasteiger partial charge < -0.3 is 0 Å². The number of ether oxygens (including phenoxy) is 1. The van der Waals surface area contributed by atoms with E-state index in [1.54, 1.807) is 0 Å². The van der Waals surface area contributed by atoms with E-state index in [1.807, 2.05) is 0 Å². The van der Waals surface area contributed by atoms with Gasteiger partial charge in [-0.2, -0.15) is 0 Å². The van der Waals surface area contributed by atoms with Gasteiger partial charge in [0.1, 0.15) is 0 Å². The topological polar surface area (TPSA) is 25.4 Å². The smallest absolute Gasteiger partial charge is 0.0621 e. The first-order valence-corrected chi connectivity index (χ1v) is 35.7. The number of para-hydroxylation sites is 8. The van der Waals surface area contributed by atoms with E-state index >= 15 is 0 Å². The van der Waals surface area contributed by atoms with E-state index in [-0.39, 0.29) is 27.9 Å².